The van der Waals surface area contributed by atoms with Crippen molar-refractivity contribution in [2.24, 2.45) is 0 Å². The van der Waals surface area contributed by atoms with Gasteiger partial charge in [0.25, 0.3) is 10.1 Å². The SMILES string of the molecule is Cc1nc(CNC(=O)NCc2nc(C)nn2-c2ccc(Cl)c(COS(C)(=O)=O)c2)n(-c2ccc(Cl)c(F)c2)n1. The zero-order valence-electron chi connectivity index (χ0n) is 20.9. The van der Waals surface area contributed by atoms with Crippen molar-refractivity contribution in [3.05, 3.63) is 81.1 Å². The first-order valence-corrected chi connectivity index (χ1v) is 13.9. The van der Waals surface area contributed by atoms with Crippen molar-refractivity contribution in [2.75, 3.05) is 6.26 Å². The highest BCUT2D eigenvalue weighted by Gasteiger charge is 2.16. The molecule has 2 N–H and O–H groups in total. The minimum absolute atomic E-state index is 0.00349. The molecule has 4 rings (SSSR count). The van der Waals surface area contributed by atoms with Crippen LogP contribution in [0.3, 0.4) is 0 Å². The Morgan fingerprint density at radius 3 is 1.95 bits per heavy atom. The third kappa shape index (κ3) is 7.29. The van der Waals surface area contributed by atoms with Gasteiger partial charge in [-0.2, -0.15) is 18.6 Å². The average molecular weight is 597 g/mol. The lowest BCUT2D eigenvalue weighted by Gasteiger charge is -2.11. The zero-order chi connectivity index (χ0) is 28.3. The Bertz CT molecular complexity index is 1640. The monoisotopic (exact) mass is 596 g/mol. The van der Waals surface area contributed by atoms with Crippen LogP contribution in [0.4, 0.5) is 9.18 Å². The number of amides is 2. The Hall–Kier alpha value is -3.59. The van der Waals surface area contributed by atoms with E-state index in [2.05, 4.69) is 30.8 Å². The number of nitrogens with zero attached hydrogens (tertiary/aromatic N) is 6. The van der Waals surface area contributed by atoms with Gasteiger partial charge in [0, 0.05) is 11.1 Å². The predicted octanol–water partition coefficient (Wildman–Crippen LogP) is 3.39. The number of nitrogens with one attached hydrogen (secondary N) is 2. The molecular weight excluding hydrogens is 574 g/mol. The average Bonchev–Trinajstić information content (AvgIpc) is 3.43. The third-order valence-electron chi connectivity index (χ3n) is 5.22. The molecule has 2 amide bonds. The fraction of sp³-hybridized carbons (Fsp3) is 0.261. The van der Waals surface area contributed by atoms with Crippen molar-refractivity contribution >= 4 is 39.4 Å². The molecule has 16 heteroatoms. The molecule has 0 spiro atoms. The van der Waals surface area contributed by atoms with E-state index in [1.165, 1.54) is 21.5 Å². The minimum atomic E-state index is -3.67. The highest BCUT2D eigenvalue weighted by molar-refractivity contribution is 7.85. The second-order valence-corrected chi connectivity index (χ2v) is 10.8. The summed E-state index contributed by atoms with van der Waals surface area (Å²) in [6, 6.07) is 8.60. The van der Waals surface area contributed by atoms with Crippen molar-refractivity contribution in [3.8, 4) is 11.4 Å². The van der Waals surface area contributed by atoms with Crippen molar-refractivity contribution in [1.82, 2.24) is 40.2 Å². The lowest BCUT2D eigenvalue weighted by molar-refractivity contribution is 0.239. The molecular formula is C23H23Cl2FN8O4S. The lowest BCUT2D eigenvalue weighted by atomic mass is 10.2. The second kappa shape index (κ2) is 11.7. The van der Waals surface area contributed by atoms with Crippen LogP contribution in [-0.2, 0) is 34.0 Å². The summed E-state index contributed by atoms with van der Waals surface area (Å²) >= 11 is 12.0. The summed E-state index contributed by atoms with van der Waals surface area (Å²) < 4.78 is 44.5. The van der Waals surface area contributed by atoms with Gasteiger partial charge in [-0.05, 0) is 49.7 Å². The van der Waals surface area contributed by atoms with Crippen LogP contribution >= 0.6 is 23.2 Å². The van der Waals surface area contributed by atoms with Gasteiger partial charge in [-0.15, -0.1) is 0 Å². The number of halogens is 3. The number of carbonyl (C=O) groups excluding carboxylic acids is 1. The summed E-state index contributed by atoms with van der Waals surface area (Å²) in [5, 5.41) is 14.3. The number of rotatable bonds is 9. The summed E-state index contributed by atoms with van der Waals surface area (Å²) in [4.78, 5) is 21.2. The van der Waals surface area contributed by atoms with E-state index in [0.29, 0.717) is 45.3 Å². The second-order valence-electron chi connectivity index (χ2n) is 8.35. The molecule has 0 aliphatic carbocycles. The number of hydrogen-bond donors (Lipinski definition) is 2. The Balaban J connectivity index is 1.43. The summed E-state index contributed by atoms with van der Waals surface area (Å²) in [7, 11) is -3.67. The van der Waals surface area contributed by atoms with E-state index in [4.69, 9.17) is 27.4 Å². The zero-order valence-corrected chi connectivity index (χ0v) is 23.3. The van der Waals surface area contributed by atoms with Crippen molar-refractivity contribution in [2.45, 2.75) is 33.5 Å². The van der Waals surface area contributed by atoms with Gasteiger partial charge in [0.1, 0.15) is 17.5 Å². The molecule has 0 unspecified atom stereocenters. The van der Waals surface area contributed by atoms with Gasteiger partial charge < -0.3 is 10.6 Å². The first-order valence-electron chi connectivity index (χ1n) is 11.3. The van der Waals surface area contributed by atoms with Gasteiger partial charge in [0.15, 0.2) is 11.6 Å². The molecule has 206 valence electrons. The highest BCUT2D eigenvalue weighted by atomic mass is 35.5. The maximum absolute atomic E-state index is 13.9. The van der Waals surface area contributed by atoms with Crippen LogP contribution in [0.1, 0.15) is 28.9 Å². The van der Waals surface area contributed by atoms with Crippen molar-refractivity contribution < 1.29 is 21.8 Å². The van der Waals surface area contributed by atoms with E-state index in [-0.39, 0.29) is 24.7 Å². The Morgan fingerprint density at radius 2 is 1.44 bits per heavy atom. The van der Waals surface area contributed by atoms with Crippen LogP contribution in [0.15, 0.2) is 36.4 Å². The summed E-state index contributed by atoms with van der Waals surface area (Å²) in [5.74, 6) is 1.09. The van der Waals surface area contributed by atoms with Gasteiger partial charge in [-0.3, -0.25) is 4.18 Å². The van der Waals surface area contributed by atoms with Crippen LogP contribution in [0.5, 0.6) is 0 Å². The van der Waals surface area contributed by atoms with Gasteiger partial charge >= 0.3 is 6.03 Å². The van der Waals surface area contributed by atoms with Gasteiger partial charge in [0.2, 0.25) is 0 Å². The van der Waals surface area contributed by atoms with E-state index in [0.717, 1.165) is 6.26 Å². The number of hydrogen-bond acceptors (Lipinski definition) is 8. The van der Waals surface area contributed by atoms with Crippen LogP contribution < -0.4 is 10.6 Å². The number of aromatic nitrogens is 6. The molecule has 0 aliphatic heterocycles. The van der Waals surface area contributed by atoms with Gasteiger partial charge in [-0.25, -0.2) is 28.5 Å². The van der Waals surface area contributed by atoms with Crippen LogP contribution in [-0.4, -0.2) is 50.2 Å². The fourth-order valence-corrected chi connectivity index (χ4v) is 4.16. The molecule has 0 atom stereocenters. The maximum atomic E-state index is 13.9. The molecule has 0 aliphatic rings. The first kappa shape index (κ1) is 28.4. The molecule has 0 radical (unpaired) electrons. The van der Waals surface area contributed by atoms with Crippen molar-refractivity contribution in [1.29, 1.82) is 0 Å². The number of urea groups is 1. The first-order chi connectivity index (χ1) is 18.4. The minimum Gasteiger partial charge on any atom is -0.331 e. The molecule has 39 heavy (non-hydrogen) atoms. The van der Waals surface area contributed by atoms with Gasteiger partial charge in [0.05, 0.1) is 42.3 Å². The van der Waals surface area contributed by atoms with E-state index in [1.807, 2.05) is 0 Å². The topological polar surface area (TPSA) is 146 Å². The molecule has 4 aromatic rings. The van der Waals surface area contributed by atoms with Crippen LogP contribution in [0, 0.1) is 19.7 Å². The summed E-state index contributed by atoms with van der Waals surface area (Å²) in [5.41, 5.74) is 1.38. The molecule has 0 bridgehead atoms. The van der Waals surface area contributed by atoms with Crippen LogP contribution in [0.2, 0.25) is 10.0 Å². The summed E-state index contributed by atoms with van der Waals surface area (Å²) in [6.45, 7) is 3.14. The van der Waals surface area contributed by atoms with E-state index in [1.54, 1.807) is 38.1 Å². The van der Waals surface area contributed by atoms with E-state index >= 15 is 0 Å². The third-order valence-corrected chi connectivity index (χ3v) is 6.45. The molecule has 0 saturated carbocycles. The standard InChI is InChI=1S/C23H23Cl2FN8O4S/c1-13-29-21(33(31-13)16-4-6-18(24)15(8-16)12-38-39(3,36)37)10-27-23(35)28-11-22-30-14(2)32-34(22)17-5-7-19(25)20(26)9-17/h4-9H,10-12H2,1-3H3,(H2,27,28,35). The lowest BCUT2D eigenvalue weighted by Crippen LogP contribution is -2.36. The number of aryl methyl sites for hydroxylation is 2. The Morgan fingerprint density at radius 1 is 0.923 bits per heavy atom. The number of benzene rings is 2. The Labute approximate surface area is 233 Å². The summed E-state index contributed by atoms with van der Waals surface area (Å²) in [6.07, 6.45) is 0.947. The van der Waals surface area contributed by atoms with Crippen molar-refractivity contribution in [3.63, 3.8) is 0 Å². The highest BCUT2D eigenvalue weighted by Crippen LogP contribution is 2.22. The number of carbonyl (C=O) groups is 1. The molecule has 2 aromatic heterocycles. The smallest absolute Gasteiger partial charge is 0.315 e. The molecule has 0 saturated heterocycles. The van der Waals surface area contributed by atoms with E-state index < -0.39 is 22.0 Å². The molecule has 2 aromatic carbocycles. The van der Waals surface area contributed by atoms with Gasteiger partial charge in [-0.1, -0.05) is 23.2 Å². The largest absolute Gasteiger partial charge is 0.331 e. The molecule has 2 heterocycles. The quantitative estimate of drug-likeness (QED) is 0.279. The molecule has 0 fully saturated rings. The predicted molar refractivity (Wildman–Crippen MR) is 141 cm³/mol. The molecule has 12 nitrogen and oxygen atoms in total. The van der Waals surface area contributed by atoms with Crippen LogP contribution in [0.25, 0.3) is 11.4 Å². The van der Waals surface area contributed by atoms with E-state index in [9.17, 15) is 17.6 Å². The normalized spacial score (nSPS) is 11.5. The maximum Gasteiger partial charge on any atom is 0.315 e. The Kier molecular flexibility index (Phi) is 8.49. The fourth-order valence-electron chi connectivity index (χ4n) is 3.53.